The fraction of sp³-hybridized carbons (Fsp3) is 0.130. The van der Waals surface area contributed by atoms with Crippen molar-refractivity contribution in [2.45, 2.75) is 6.04 Å². The summed E-state index contributed by atoms with van der Waals surface area (Å²) in [4.78, 5) is 11.2. The van der Waals surface area contributed by atoms with Gasteiger partial charge in [0.1, 0.15) is 5.52 Å². The molecule has 0 amide bonds. The van der Waals surface area contributed by atoms with Crippen LogP contribution in [0.15, 0.2) is 88.3 Å². The predicted molar refractivity (Wildman–Crippen MR) is 112 cm³/mol. The standard InChI is InChI=1S/C23H20N4O/c1-2-6-17(7-3-1)22(27-15-14-24-16-27)18-10-12-19(13-11-18)25-23-26-20-8-4-5-9-21(20)28-23/h1-13,16,22H,14-15H2,(H,25,26). The molecule has 3 aromatic carbocycles. The predicted octanol–water partition coefficient (Wildman–Crippen LogP) is 5.00. The minimum Gasteiger partial charge on any atom is -0.423 e. The Morgan fingerprint density at radius 3 is 2.36 bits per heavy atom. The molecule has 1 aromatic heterocycles. The molecule has 4 aromatic rings. The average Bonchev–Trinajstić information content (AvgIpc) is 3.40. The number of nitrogens with zero attached hydrogens (tertiary/aromatic N) is 3. The normalized spacial score (nSPS) is 14.5. The first-order valence-corrected chi connectivity index (χ1v) is 9.40. The molecule has 0 saturated heterocycles. The van der Waals surface area contributed by atoms with Gasteiger partial charge in [-0.25, -0.2) is 0 Å². The second kappa shape index (κ2) is 7.19. The third kappa shape index (κ3) is 3.22. The minimum absolute atomic E-state index is 0.158. The number of fused-ring (bicyclic) bond motifs is 1. The molecule has 1 atom stereocenters. The van der Waals surface area contributed by atoms with E-state index < -0.39 is 0 Å². The topological polar surface area (TPSA) is 53.7 Å². The van der Waals surface area contributed by atoms with Crippen LogP contribution in [0, 0.1) is 0 Å². The lowest BCUT2D eigenvalue weighted by Crippen LogP contribution is -2.26. The fourth-order valence-corrected chi connectivity index (χ4v) is 3.60. The van der Waals surface area contributed by atoms with Crippen molar-refractivity contribution in [3.63, 3.8) is 0 Å². The summed E-state index contributed by atoms with van der Waals surface area (Å²) in [5.41, 5.74) is 5.05. The Morgan fingerprint density at radius 1 is 0.857 bits per heavy atom. The number of hydrogen-bond donors (Lipinski definition) is 1. The van der Waals surface area contributed by atoms with Crippen LogP contribution < -0.4 is 5.32 Å². The number of anilines is 2. The number of hydrogen-bond acceptors (Lipinski definition) is 5. The summed E-state index contributed by atoms with van der Waals surface area (Å²) in [6, 6.07) is 27.4. The molecule has 0 fully saturated rings. The summed E-state index contributed by atoms with van der Waals surface area (Å²) in [5.74, 6) is 0. The summed E-state index contributed by atoms with van der Waals surface area (Å²) in [6.07, 6.45) is 1.96. The minimum atomic E-state index is 0.158. The maximum absolute atomic E-state index is 5.75. The van der Waals surface area contributed by atoms with Crippen molar-refractivity contribution in [1.82, 2.24) is 9.88 Å². The monoisotopic (exact) mass is 368 g/mol. The van der Waals surface area contributed by atoms with E-state index >= 15 is 0 Å². The molecule has 1 N–H and O–H groups in total. The van der Waals surface area contributed by atoms with Gasteiger partial charge in [0.25, 0.3) is 6.01 Å². The van der Waals surface area contributed by atoms with E-state index in [1.165, 1.54) is 11.1 Å². The molecule has 5 rings (SSSR count). The fourth-order valence-electron chi connectivity index (χ4n) is 3.60. The van der Waals surface area contributed by atoms with Gasteiger partial charge in [0.15, 0.2) is 5.58 Å². The molecule has 0 spiro atoms. The molecular weight excluding hydrogens is 348 g/mol. The molecule has 0 aliphatic carbocycles. The molecule has 2 heterocycles. The zero-order valence-electron chi connectivity index (χ0n) is 15.3. The number of oxazole rings is 1. The molecule has 138 valence electrons. The zero-order valence-corrected chi connectivity index (χ0v) is 15.3. The molecule has 0 saturated carbocycles. The summed E-state index contributed by atoms with van der Waals surface area (Å²) < 4.78 is 5.75. The molecule has 28 heavy (non-hydrogen) atoms. The van der Waals surface area contributed by atoms with Crippen molar-refractivity contribution in [3.8, 4) is 0 Å². The molecule has 1 aliphatic rings. The summed E-state index contributed by atoms with van der Waals surface area (Å²) in [5, 5.41) is 3.25. The van der Waals surface area contributed by atoms with Gasteiger partial charge in [-0.05, 0) is 35.4 Å². The highest BCUT2D eigenvalue weighted by Crippen LogP contribution is 2.30. The van der Waals surface area contributed by atoms with Gasteiger partial charge in [0, 0.05) is 12.2 Å². The average molecular weight is 368 g/mol. The maximum Gasteiger partial charge on any atom is 0.300 e. The first-order chi connectivity index (χ1) is 13.9. The van der Waals surface area contributed by atoms with E-state index in [9.17, 15) is 0 Å². The van der Waals surface area contributed by atoms with Crippen LogP contribution in [0.3, 0.4) is 0 Å². The Balaban J connectivity index is 1.41. The van der Waals surface area contributed by atoms with Gasteiger partial charge in [0.2, 0.25) is 0 Å². The van der Waals surface area contributed by atoms with Crippen LogP contribution in [0.2, 0.25) is 0 Å². The molecule has 5 nitrogen and oxygen atoms in total. The molecule has 1 aliphatic heterocycles. The molecule has 0 bridgehead atoms. The molecule has 5 heteroatoms. The first-order valence-electron chi connectivity index (χ1n) is 9.40. The van der Waals surface area contributed by atoms with E-state index in [1.807, 2.05) is 36.7 Å². The molecular formula is C23H20N4O. The third-order valence-electron chi connectivity index (χ3n) is 4.94. The number of benzene rings is 3. The van der Waals surface area contributed by atoms with Crippen molar-refractivity contribution in [2.24, 2.45) is 4.99 Å². The number of para-hydroxylation sites is 2. The summed E-state index contributed by atoms with van der Waals surface area (Å²) in [6.45, 7) is 1.78. The van der Waals surface area contributed by atoms with E-state index in [0.717, 1.165) is 29.9 Å². The number of nitrogens with one attached hydrogen (secondary N) is 1. The van der Waals surface area contributed by atoms with Gasteiger partial charge in [-0.2, -0.15) is 4.98 Å². The highest BCUT2D eigenvalue weighted by molar-refractivity contribution is 5.75. The van der Waals surface area contributed by atoms with Gasteiger partial charge in [0.05, 0.1) is 18.9 Å². The lowest BCUT2D eigenvalue weighted by atomic mass is 9.97. The summed E-state index contributed by atoms with van der Waals surface area (Å²) in [7, 11) is 0. The van der Waals surface area contributed by atoms with Gasteiger partial charge in [-0.3, -0.25) is 4.99 Å². The summed E-state index contributed by atoms with van der Waals surface area (Å²) >= 11 is 0. The second-order valence-electron chi connectivity index (χ2n) is 6.81. The van der Waals surface area contributed by atoms with E-state index in [-0.39, 0.29) is 6.04 Å². The van der Waals surface area contributed by atoms with Crippen LogP contribution in [0.1, 0.15) is 17.2 Å². The number of aliphatic imine (C=N–C) groups is 1. The van der Waals surface area contributed by atoms with E-state index in [0.29, 0.717) is 6.01 Å². The van der Waals surface area contributed by atoms with E-state index in [4.69, 9.17) is 4.42 Å². The Bertz CT molecular complexity index is 1070. The SMILES string of the molecule is C1=NCCN1C(c1ccccc1)c1ccc(Nc2nc3ccccc3o2)cc1. The van der Waals surface area contributed by atoms with Crippen molar-refractivity contribution in [2.75, 3.05) is 18.4 Å². The third-order valence-corrected chi connectivity index (χ3v) is 4.94. The lowest BCUT2D eigenvalue weighted by molar-refractivity contribution is 0.398. The van der Waals surface area contributed by atoms with Crippen LogP contribution in [0.25, 0.3) is 11.1 Å². The van der Waals surface area contributed by atoms with Crippen molar-refractivity contribution >= 4 is 29.1 Å². The quantitative estimate of drug-likeness (QED) is 0.538. The second-order valence-corrected chi connectivity index (χ2v) is 6.81. The van der Waals surface area contributed by atoms with Crippen molar-refractivity contribution in [1.29, 1.82) is 0 Å². The highest BCUT2D eigenvalue weighted by atomic mass is 16.4. The van der Waals surface area contributed by atoms with Crippen LogP contribution >= 0.6 is 0 Å². The zero-order chi connectivity index (χ0) is 18.8. The first kappa shape index (κ1) is 16.6. The molecule has 0 radical (unpaired) electrons. The Morgan fingerprint density at radius 2 is 1.61 bits per heavy atom. The Hall–Kier alpha value is -3.60. The maximum atomic E-state index is 5.75. The van der Waals surface area contributed by atoms with Crippen LogP contribution in [0.5, 0.6) is 0 Å². The van der Waals surface area contributed by atoms with E-state index in [1.54, 1.807) is 0 Å². The Kier molecular flexibility index (Phi) is 4.26. The van der Waals surface area contributed by atoms with Gasteiger partial charge < -0.3 is 14.6 Å². The van der Waals surface area contributed by atoms with Crippen LogP contribution in [0.4, 0.5) is 11.7 Å². The molecule has 1 unspecified atom stereocenters. The van der Waals surface area contributed by atoms with Crippen molar-refractivity contribution < 1.29 is 4.42 Å². The van der Waals surface area contributed by atoms with Gasteiger partial charge in [-0.15, -0.1) is 0 Å². The van der Waals surface area contributed by atoms with Gasteiger partial charge in [-0.1, -0.05) is 54.6 Å². The Labute approximate surface area is 163 Å². The lowest BCUT2D eigenvalue weighted by Gasteiger charge is -2.28. The van der Waals surface area contributed by atoms with Crippen LogP contribution in [-0.2, 0) is 0 Å². The van der Waals surface area contributed by atoms with E-state index in [2.05, 4.69) is 68.7 Å². The largest absolute Gasteiger partial charge is 0.423 e. The van der Waals surface area contributed by atoms with Gasteiger partial charge >= 0.3 is 0 Å². The smallest absolute Gasteiger partial charge is 0.300 e. The van der Waals surface area contributed by atoms with Crippen molar-refractivity contribution in [3.05, 3.63) is 90.0 Å². The highest BCUT2D eigenvalue weighted by Gasteiger charge is 2.22. The number of rotatable bonds is 5. The number of aromatic nitrogens is 1. The van der Waals surface area contributed by atoms with Crippen LogP contribution in [-0.4, -0.2) is 29.3 Å².